The van der Waals surface area contributed by atoms with Crippen molar-refractivity contribution in [3.63, 3.8) is 0 Å². The van der Waals surface area contributed by atoms with E-state index >= 15 is 0 Å². The lowest BCUT2D eigenvalue weighted by Gasteiger charge is -2.27. The average molecular weight is 294 g/mol. The lowest BCUT2D eigenvalue weighted by atomic mass is 10.0. The highest BCUT2D eigenvalue weighted by Gasteiger charge is 2.20. The molecule has 5 heteroatoms. The van der Waals surface area contributed by atoms with Crippen LogP contribution in [-0.4, -0.2) is 36.2 Å². The molecule has 2 aromatic heterocycles. The number of alkyl halides is 1. The van der Waals surface area contributed by atoms with Gasteiger partial charge in [-0.15, -0.1) is 11.6 Å². The van der Waals surface area contributed by atoms with Crippen molar-refractivity contribution in [3.05, 3.63) is 30.1 Å². The maximum absolute atomic E-state index is 6.13. The van der Waals surface area contributed by atoms with Crippen molar-refractivity contribution in [2.75, 3.05) is 31.7 Å². The number of ether oxygens (including phenoxy) is 1. The van der Waals surface area contributed by atoms with Gasteiger partial charge in [0.05, 0.1) is 18.2 Å². The third kappa shape index (κ3) is 2.63. The summed E-state index contributed by atoms with van der Waals surface area (Å²) in [5.41, 5.74) is 2.01. The van der Waals surface area contributed by atoms with Crippen molar-refractivity contribution in [1.29, 1.82) is 0 Å². The molecule has 0 saturated carbocycles. The molecule has 1 unspecified atom stereocenters. The Morgan fingerprint density at radius 2 is 2.40 bits per heavy atom. The van der Waals surface area contributed by atoms with E-state index in [4.69, 9.17) is 21.3 Å². The van der Waals surface area contributed by atoms with Crippen molar-refractivity contribution in [2.24, 2.45) is 5.92 Å². The van der Waals surface area contributed by atoms with Crippen LogP contribution in [0.3, 0.4) is 0 Å². The molecule has 0 spiro atoms. The summed E-state index contributed by atoms with van der Waals surface area (Å²) in [6.07, 6.45) is 4.40. The second-order valence-corrected chi connectivity index (χ2v) is 5.68. The number of rotatable bonds is 4. The Morgan fingerprint density at radius 3 is 3.15 bits per heavy atom. The third-order valence-corrected chi connectivity index (χ3v) is 4.14. The topological polar surface area (TPSA) is 29.8 Å². The smallest absolute Gasteiger partial charge is 0.152 e. The Balaban J connectivity index is 1.84. The quantitative estimate of drug-likeness (QED) is 0.812. The number of aromatic nitrogens is 2. The van der Waals surface area contributed by atoms with Gasteiger partial charge in [-0.25, -0.2) is 4.98 Å². The summed E-state index contributed by atoms with van der Waals surface area (Å²) >= 11 is 6.13. The number of imidazole rings is 1. The van der Waals surface area contributed by atoms with Gasteiger partial charge in [0, 0.05) is 26.4 Å². The van der Waals surface area contributed by atoms with Gasteiger partial charge in [-0.2, -0.15) is 0 Å². The summed E-state index contributed by atoms with van der Waals surface area (Å²) in [6.45, 7) is 2.73. The molecule has 3 heterocycles. The molecule has 0 aromatic carbocycles. The molecule has 1 aliphatic heterocycles. The Hall–Kier alpha value is -1.26. The van der Waals surface area contributed by atoms with E-state index in [2.05, 4.69) is 16.3 Å². The molecule has 0 aliphatic carbocycles. The molecule has 20 heavy (non-hydrogen) atoms. The van der Waals surface area contributed by atoms with Gasteiger partial charge in [0.15, 0.2) is 5.82 Å². The fourth-order valence-corrected chi connectivity index (χ4v) is 3.14. The summed E-state index contributed by atoms with van der Waals surface area (Å²) in [4.78, 5) is 6.92. The first-order valence-corrected chi connectivity index (χ1v) is 7.64. The van der Waals surface area contributed by atoms with Crippen LogP contribution in [0.5, 0.6) is 0 Å². The zero-order valence-electron chi connectivity index (χ0n) is 11.8. The van der Waals surface area contributed by atoms with E-state index in [1.54, 1.807) is 0 Å². The zero-order valence-corrected chi connectivity index (χ0v) is 12.5. The minimum absolute atomic E-state index is 0.464. The molecule has 0 radical (unpaired) electrons. The largest absolute Gasteiger partial charge is 0.381 e. The van der Waals surface area contributed by atoms with Crippen LogP contribution in [0.15, 0.2) is 24.4 Å². The van der Waals surface area contributed by atoms with Gasteiger partial charge in [-0.1, -0.05) is 6.07 Å². The predicted octanol–water partition coefficient (Wildman–Crippen LogP) is 2.94. The van der Waals surface area contributed by atoms with Crippen molar-refractivity contribution in [1.82, 2.24) is 9.38 Å². The van der Waals surface area contributed by atoms with E-state index in [0.717, 1.165) is 43.3 Å². The summed E-state index contributed by atoms with van der Waals surface area (Å²) in [6, 6.07) is 6.01. The monoisotopic (exact) mass is 293 g/mol. The lowest BCUT2D eigenvalue weighted by Crippen LogP contribution is -2.31. The normalized spacial score (nSPS) is 19.4. The van der Waals surface area contributed by atoms with E-state index in [9.17, 15) is 0 Å². The number of pyridine rings is 1. The number of anilines is 1. The Kier molecular flexibility index (Phi) is 4.13. The van der Waals surface area contributed by atoms with E-state index in [1.807, 2.05) is 24.4 Å². The molecule has 1 aliphatic rings. The number of hydrogen-bond acceptors (Lipinski definition) is 3. The van der Waals surface area contributed by atoms with Gasteiger partial charge in [0.1, 0.15) is 5.65 Å². The second-order valence-electron chi connectivity index (χ2n) is 5.41. The highest BCUT2D eigenvalue weighted by atomic mass is 35.5. The number of nitrogens with zero attached hydrogens (tertiary/aromatic N) is 3. The molecule has 0 amide bonds. The molecule has 1 fully saturated rings. The molecule has 3 rings (SSSR count). The summed E-state index contributed by atoms with van der Waals surface area (Å²) in [7, 11) is 2.09. The first kappa shape index (κ1) is 13.7. The molecule has 0 N–H and O–H groups in total. The lowest BCUT2D eigenvalue weighted by molar-refractivity contribution is 0.0576. The standard InChI is InChI=1S/C15H20ClN3O/c1-18(10-12-5-4-8-20-11-12)15-13(9-16)19-7-3-2-6-14(19)17-15/h2-3,6-7,12H,4-5,8-11H2,1H3. The van der Waals surface area contributed by atoms with Crippen molar-refractivity contribution >= 4 is 23.1 Å². The second kappa shape index (κ2) is 6.02. The third-order valence-electron chi connectivity index (χ3n) is 3.88. The van der Waals surface area contributed by atoms with Crippen LogP contribution >= 0.6 is 11.6 Å². The molecule has 1 saturated heterocycles. The molecule has 0 bridgehead atoms. The zero-order chi connectivity index (χ0) is 13.9. The number of fused-ring (bicyclic) bond motifs is 1. The van der Waals surface area contributed by atoms with Crippen molar-refractivity contribution in [3.8, 4) is 0 Å². The Morgan fingerprint density at radius 1 is 1.50 bits per heavy atom. The molecule has 4 nitrogen and oxygen atoms in total. The summed E-state index contributed by atoms with van der Waals surface area (Å²) in [5.74, 6) is 2.03. The molecule has 108 valence electrons. The Bertz CT molecular complexity index is 578. The van der Waals surface area contributed by atoms with Gasteiger partial charge >= 0.3 is 0 Å². The molecular weight excluding hydrogens is 274 g/mol. The fraction of sp³-hybridized carbons (Fsp3) is 0.533. The van der Waals surface area contributed by atoms with Crippen molar-refractivity contribution < 1.29 is 4.74 Å². The van der Waals surface area contributed by atoms with E-state index < -0.39 is 0 Å². The van der Waals surface area contributed by atoms with Crippen molar-refractivity contribution in [2.45, 2.75) is 18.7 Å². The van der Waals surface area contributed by atoms with Crippen LogP contribution in [0, 0.1) is 5.92 Å². The predicted molar refractivity (Wildman–Crippen MR) is 81.6 cm³/mol. The molecular formula is C15H20ClN3O. The minimum Gasteiger partial charge on any atom is -0.381 e. The average Bonchev–Trinajstić information content (AvgIpc) is 2.87. The summed E-state index contributed by atoms with van der Waals surface area (Å²) in [5, 5.41) is 0. The minimum atomic E-state index is 0.464. The SMILES string of the molecule is CN(CC1CCCOC1)c1nc2ccccn2c1CCl. The van der Waals surface area contributed by atoms with E-state index in [-0.39, 0.29) is 0 Å². The van der Waals surface area contributed by atoms with Gasteiger partial charge in [0.2, 0.25) is 0 Å². The first-order chi connectivity index (χ1) is 9.79. The fourth-order valence-electron chi connectivity index (χ4n) is 2.89. The van der Waals surface area contributed by atoms with Crippen LogP contribution < -0.4 is 4.90 Å². The van der Waals surface area contributed by atoms with E-state index in [1.165, 1.54) is 6.42 Å². The van der Waals surface area contributed by atoms with Gasteiger partial charge in [0.25, 0.3) is 0 Å². The maximum atomic E-state index is 6.13. The van der Waals surface area contributed by atoms with Crippen LogP contribution in [0.4, 0.5) is 5.82 Å². The van der Waals surface area contributed by atoms with Crippen LogP contribution in [-0.2, 0) is 10.6 Å². The Labute approximate surface area is 124 Å². The molecule has 2 aromatic rings. The van der Waals surface area contributed by atoms with Gasteiger partial charge < -0.3 is 14.0 Å². The van der Waals surface area contributed by atoms with Gasteiger partial charge in [-0.3, -0.25) is 0 Å². The number of hydrogen-bond donors (Lipinski definition) is 0. The summed E-state index contributed by atoms with van der Waals surface area (Å²) < 4.78 is 7.62. The van der Waals surface area contributed by atoms with Crippen LogP contribution in [0.1, 0.15) is 18.5 Å². The van der Waals surface area contributed by atoms with Crippen LogP contribution in [0.2, 0.25) is 0 Å². The maximum Gasteiger partial charge on any atom is 0.152 e. The van der Waals surface area contributed by atoms with E-state index in [0.29, 0.717) is 11.8 Å². The van der Waals surface area contributed by atoms with Gasteiger partial charge in [-0.05, 0) is 30.9 Å². The number of halogens is 1. The molecule has 1 atom stereocenters. The first-order valence-electron chi connectivity index (χ1n) is 7.10. The van der Waals surface area contributed by atoms with Crippen LogP contribution in [0.25, 0.3) is 5.65 Å². The highest BCUT2D eigenvalue weighted by molar-refractivity contribution is 6.17. The highest BCUT2D eigenvalue weighted by Crippen LogP contribution is 2.24.